The lowest BCUT2D eigenvalue weighted by atomic mass is 9.85. The van der Waals surface area contributed by atoms with E-state index >= 15 is 0 Å². The van der Waals surface area contributed by atoms with E-state index in [0.717, 1.165) is 75.8 Å². The molecule has 2 aliphatic heterocycles. The van der Waals surface area contributed by atoms with E-state index in [1.54, 1.807) is 0 Å². The molecule has 1 aromatic rings. The molecule has 1 aromatic carbocycles. The molecule has 7 heteroatoms. The summed E-state index contributed by atoms with van der Waals surface area (Å²) in [6.45, 7) is 3.32. The molecule has 0 spiro atoms. The van der Waals surface area contributed by atoms with E-state index in [4.69, 9.17) is 0 Å². The van der Waals surface area contributed by atoms with Gasteiger partial charge in [-0.25, -0.2) is 4.79 Å². The van der Waals surface area contributed by atoms with Crippen molar-refractivity contribution in [2.24, 2.45) is 11.8 Å². The predicted molar refractivity (Wildman–Crippen MR) is 115 cm³/mol. The SMILES string of the molecule is O=C(Nc1cccc(CNC(=O)[C@@H]2CCCN(C(=O)N3CCCC3)C2)c1)C1CCC1. The molecule has 0 aromatic heterocycles. The summed E-state index contributed by atoms with van der Waals surface area (Å²) >= 11 is 0. The molecule has 30 heavy (non-hydrogen) atoms. The third-order valence-electron chi connectivity index (χ3n) is 6.58. The van der Waals surface area contributed by atoms with E-state index in [1.807, 2.05) is 34.1 Å². The van der Waals surface area contributed by atoms with Crippen molar-refractivity contribution in [1.29, 1.82) is 0 Å². The molecule has 7 nitrogen and oxygen atoms in total. The number of rotatable bonds is 5. The smallest absolute Gasteiger partial charge is 0.320 e. The Labute approximate surface area is 178 Å². The standard InChI is InChI=1S/C23H32N4O3/c28-21(19-9-5-13-27(16-19)23(30)26-11-1-2-12-26)24-15-17-6-3-10-20(14-17)25-22(29)18-7-4-8-18/h3,6,10,14,18-19H,1-2,4-5,7-9,11-13,15-16H2,(H,24,28)(H,25,29)/t19-/m1/s1. The van der Waals surface area contributed by atoms with Crippen molar-refractivity contribution in [3.63, 3.8) is 0 Å². The Balaban J connectivity index is 1.27. The molecule has 3 fully saturated rings. The summed E-state index contributed by atoms with van der Waals surface area (Å²) in [5.74, 6) is 0.0721. The van der Waals surface area contributed by atoms with Crippen LogP contribution in [-0.2, 0) is 16.1 Å². The van der Waals surface area contributed by atoms with Crippen LogP contribution in [0.4, 0.5) is 10.5 Å². The number of carbonyl (C=O) groups is 3. The highest BCUT2D eigenvalue weighted by Crippen LogP contribution is 2.27. The van der Waals surface area contributed by atoms with Gasteiger partial charge in [-0.05, 0) is 56.2 Å². The second kappa shape index (κ2) is 9.49. The summed E-state index contributed by atoms with van der Waals surface area (Å²) in [6.07, 6.45) is 6.90. The monoisotopic (exact) mass is 412 g/mol. The molecule has 1 atom stereocenters. The molecule has 1 saturated carbocycles. The summed E-state index contributed by atoms with van der Waals surface area (Å²) in [5, 5.41) is 6.00. The molecule has 4 rings (SSSR count). The number of piperidine rings is 1. The van der Waals surface area contributed by atoms with Crippen LogP contribution in [0, 0.1) is 11.8 Å². The topological polar surface area (TPSA) is 81.8 Å². The third-order valence-corrected chi connectivity index (χ3v) is 6.58. The van der Waals surface area contributed by atoms with E-state index in [9.17, 15) is 14.4 Å². The molecule has 1 aliphatic carbocycles. The lowest BCUT2D eigenvalue weighted by molar-refractivity contribution is -0.126. The molecule has 0 unspecified atom stereocenters. The first-order chi connectivity index (χ1) is 14.6. The second-order valence-electron chi connectivity index (χ2n) is 8.80. The van der Waals surface area contributed by atoms with Crippen molar-refractivity contribution < 1.29 is 14.4 Å². The lowest BCUT2D eigenvalue weighted by Gasteiger charge is -2.34. The van der Waals surface area contributed by atoms with Gasteiger partial charge in [0.25, 0.3) is 0 Å². The summed E-state index contributed by atoms with van der Waals surface area (Å²) in [4.78, 5) is 41.3. The number of nitrogens with one attached hydrogen (secondary N) is 2. The first-order valence-corrected chi connectivity index (χ1v) is 11.3. The van der Waals surface area contributed by atoms with Crippen LogP contribution in [-0.4, -0.2) is 53.8 Å². The summed E-state index contributed by atoms with van der Waals surface area (Å²) in [6, 6.07) is 7.73. The molecule has 2 heterocycles. The number of urea groups is 1. The summed E-state index contributed by atoms with van der Waals surface area (Å²) in [5.41, 5.74) is 1.73. The largest absolute Gasteiger partial charge is 0.352 e. The van der Waals surface area contributed by atoms with Crippen LogP contribution in [0.1, 0.15) is 50.5 Å². The van der Waals surface area contributed by atoms with E-state index in [1.165, 1.54) is 0 Å². The quantitative estimate of drug-likeness (QED) is 0.780. The van der Waals surface area contributed by atoms with Crippen molar-refractivity contribution >= 4 is 23.5 Å². The average molecular weight is 413 g/mol. The van der Waals surface area contributed by atoms with Crippen molar-refractivity contribution in [1.82, 2.24) is 15.1 Å². The number of hydrogen-bond acceptors (Lipinski definition) is 3. The Morgan fingerprint density at radius 2 is 1.60 bits per heavy atom. The normalized spacial score (nSPS) is 21.8. The average Bonchev–Trinajstić information content (AvgIpc) is 3.25. The van der Waals surface area contributed by atoms with Crippen molar-refractivity contribution in [3.8, 4) is 0 Å². The third kappa shape index (κ3) is 4.94. The molecule has 2 N–H and O–H groups in total. The number of likely N-dealkylation sites (tertiary alicyclic amines) is 2. The Bertz CT molecular complexity index is 786. The fraction of sp³-hybridized carbons (Fsp3) is 0.609. The van der Waals surface area contributed by atoms with Crippen molar-refractivity contribution in [2.45, 2.75) is 51.5 Å². The van der Waals surface area contributed by atoms with Gasteiger partial charge in [-0.2, -0.15) is 0 Å². The molecule has 4 amide bonds. The Morgan fingerprint density at radius 3 is 2.33 bits per heavy atom. The van der Waals surface area contributed by atoms with Crippen LogP contribution in [0.15, 0.2) is 24.3 Å². The fourth-order valence-corrected chi connectivity index (χ4v) is 4.48. The Hall–Kier alpha value is -2.57. The van der Waals surface area contributed by atoms with Gasteiger partial charge in [0.05, 0.1) is 5.92 Å². The molecule has 3 aliphatic rings. The van der Waals surface area contributed by atoms with Crippen LogP contribution in [0.25, 0.3) is 0 Å². The van der Waals surface area contributed by atoms with E-state index < -0.39 is 0 Å². The maximum atomic E-state index is 12.7. The summed E-state index contributed by atoms with van der Waals surface area (Å²) in [7, 11) is 0. The molecule has 0 radical (unpaired) electrons. The van der Waals surface area contributed by atoms with Crippen LogP contribution in [0.2, 0.25) is 0 Å². The first kappa shape index (κ1) is 20.7. The zero-order chi connectivity index (χ0) is 20.9. The fourth-order valence-electron chi connectivity index (χ4n) is 4.48. The number of anilines is 1. The second-order valence-corrected chi connectivity index (χ2v) is 8.80. The molecular weight excluding hydrogens is 380 g/mol. The van der Waals surface area contributed by atoms with Crippen molar-refractivity contribution in [2.75, 3.05) is 31.5 Å². The highest BCUT2D eigenvalue weighted by Gasteiger charge is 2.31. The van der Waals surface area contributed by atoms with Gasteiger partial charge in [0.1, 0.15) is 0 Å². The van der Waals surface area contributed by atoms with Crippen molar-refractivity contribution in [3.05, 3.63) is 29.8 Å². The van der Waals surface area contributed by atoms with Crippen LogP contribution >= 0.6 is 0 Å². The lowest BCUT2D eigenvalue weighted by Crippen LogP contribution is -2.49. The van der Waals surface area contributed by atoms with Gasteiger partial charge in [0.15, 0.2) is 0 Å². The summed E-state index contributed by atoms with van der Waals surface area (Å²) < 4.78 is 0. The van der Waals surface area contributed by atoms with Gasteiger partial charge in [0.2, 0.25) is 11.8 Å². The minimum atomic E-state index is -0.160. The zero-order valence-electron chi connectivity index (χ0n) is 17.6. The zero-order valence-corrected chi connectivity index (χ0v) is 17.6. The van der Waals surface area contributed by atoms with Gasteiger partial charge in [-0.1, -0.05) is 18.6 Å². The highest BCUT2D eigenvalue weighted by molar-refractivity contribution is 5.93. The van der Waals surface area contributed by atoms with E-state index in [0.29, 0.717) is 13.1 Å². The molecular formula is C23H32N4O3. The van der Waals surface area contributed by atoms with E-state index in [2.05, 4.69) is 10.6 Å². The highest BCUT2D eigenvalue weighted by atomic mass is 16.2. The molecule has 0 bridgehead atoms. The first-order valence-electron chi connectivity index (χ1n) is 11.3. The number of nitrogens with zero attached hydrogens (tertiary/aromatic N) is 2. The Morgan fingerprint density at radius 1 is 0.867 bits per heavy atom. The number of hydrogen-bond donors (Lipinski definition) is 2. The maximum absolute atomic E-state index is 12.7. The predicted octanol–water partition coefficient (Wildman–Crippen LogP) is 2.97. The van der Waals surface area contributed by atoms with Gasteiger partial charge in [0, 0.05) is 44.3 Å². The molecule has 162 valence electrons. The van der Waals surface area contributed by atoms with Gasteiger partial charge >= 0.3 is 6.03 Å². The number of carbonyl (C=O) groups excluding carboxylic acids is 3. The van der Waals surface area contributed by atoms with Crippen LogP contribution in [0.5, 0.6) is 0 Å². The minimum absolute atomic E-state index is 0.00201. The number of amides is 4. The minimum Gasteiger partial charge on any atom is -0.352 e. The van der Waals surface area contributed by atoms with Crippen LogP contribution < -0.4 is 10.6 Å². The van der Waals surface area contributed by atoms with E-state index in [-0.39, 0.29) is 29.7 Å². The van der Waals surface area contributed by atoms with Crippen LogP contribution in [0.3, 0.4) is 0 Å². The molecule has 2 saturated heterocycles. The van der Waals surface area contributed by atoms with Gasteiger partial charge < -0.3 is 20.4 Å². The van der Waals surface area contributed by atoms with Gasteiger partial charge in [-0.3, -0.25) is 9.59 Å². The van der Waals surface area contributed by atoms with Gasteiger partial charge in [-0.15, -0.1) is 0 Å². The maximum Gasteiger partial charge on any atom is 0.320 e. The number of benzene rings is 1. The Kier molecular flexibility index (Phi) is 6.55.